The van der Waals surface area contributed by atoms with E-state index in [1.807, 2.05) is 19.0 Å². The zero-order valence-electron chi connectivity index (χ0n) is 14.4. The number of nitrogens with one attached hydrogen (secondary N) is 1. The summed E-state index contributed by atoms with van der Waals surface area (Å²) in [5.41, 5.74) is 0.387. The third-order valence-corrected chi connectivity index (χ3v) is 6.71. The first kappa shape index (κ1) is 19.3. The zero-order chi connectivity index (χ0) is 18.9. The molecule has 140 valence electrons. The first-order valence-corrected chi connectivity index (χ1v) is 10.2. The van der Waals surface area contributed by atoms with Crippen LogP contribution in [0.25, 0.3) is 0 Å². The number of aromatic nitrogens is 2. The second-order valence-corrected chi connectivity index (χ2v) is 8.88. The highest BCUT2D eigenvalue weighted by Crippen LogP contribution is 2.31. The van der Waals surface area contributed by atoms with Crippen molar-refractivity contribution in [3.63, 3.8) is 0 Å². The molecule has 0 aliphatic carbocycles. The van der Waals surface area contributed by atoms with E-state index in [0.29, 0.717) is 18.8 Å². The lowest BCUT2D eigenvalue weighted by atomic mass is 10.2. The molecule has 0 amide bonds. The number of sulfonamides is 1. The molecule has 1 atom stereocenters. The summed E-state index contributed by atoms with van der Waals surface area (Å²) in [5.74, 6) is 0.252. The summed E-state index contributed by atoms with van der Waals surface area (Å²) < 4.78 is 27.8. The van der Waals surface area contributed by atoms with Crippen LogP contribution in [0.5, 0.6) is 0 Å². The third kappa shape index (κ3) is 3.94. The first-order chi connectivity index (χ1) is 12.3. The second-order valence-electron chi connectivity index (χ2n) is 6.23. The van der Waals surface area contributed by atoms with Crippen molar-refractivity contribution in [2.45, 2.75) is 17.4 Å². The number of benzene rings is 1. The fourth-order valence-electron chi connectivity index (χ4n) is 2.85. The number of rotatable bonds is 5. The molecule has 1 aliphatic heterocycles. The lowest BCUT2D eigenvalue weighted by Crippen LogP contribution is -2.34. The van der Waals surface area contributed by atoms with Gasteiger partial charge in [0.05, 0.1) is 11.9 Å². The SMILES string of the molecule is CN(C)[C@@H]1CCN(S(=O)(=O)c2ccccc2Nc2nc(Cl)ncc2Cl)C1. The molecule has 3 rings (SSSR count). The minimum Gasteiger partial charge on any atom is -0.338 e. The van der Waals surface area contributed by atoms with Gasteiger partial charge >= 0.3 is 0 Å². The van der Waals surface area contributed by atoms with Crippen molar-refractivity contribution in [2.75, 3.05) is 32.5 Å². The molecule has 1 aromatic heterocycles. The fraction of sp³-hybridized carbons (Fsp3) is 0.375. The van der Waals surface area contributed by atoms with Gasteiger partial charge in [-0.05, 0) is 44.2 Å². The molecule has 7 nitrogen and oxygen atoms in total. The van der Waals surface area contributed by atoms with Crippen LogP contribution in [0, 0.1) is 0 Å². The second kappa shape index (κ2) is 7.66. The maximum absolute atomic E-state index is 13.1. The van der Waals surface area contributed by atoms with Gasteiger partial charge in [-0.3, -0.25) is 0 Å². The lowest BCUT2D eigenvalue weighted by Gasteiger charge is -2.21. The molecular formula is C16H19Cl2N5O2S. The van der Waals surface area contributed by atoms with Crippen molar-refractivity contribution in [3.05, 3.63) is 40.8 Å². The molecule has 0 spiro atoms. The summed E-state index contributed by atoms with van der Waals surface area (Å²) in [6.07, 6.45) is 2.16. The Labute approximate surface area is 163 Å². The molecule has 0 radical (unpaired) electrons. The van der Waals surface area contributed by atoms with Gasteiger partial charge in [-0.25, -0.2) is 13.4 Å². The number of hydrogen-bond acceptors (Lipinski definition) is 6. The van der Waals surface area contributed by atoms with Crippen LogP contribution in [-0.4, -0.2) is 60.8 Å². The Bertz CT molecular complexity index is 907. The van der Waals surface area contributed by atoms with Gasteiger partial charge in [-0.1, -0.05) is 23.7 Å². The van der Waals surface area contributed by atoms with Gasteiger partial charge in [0.2, 0.25) is 15.3 Å². The van der Waals surface area contributed by atoms with Gasteiger partial charge in [-0.2, -0.15) is 9.29 Å². The Hall–Kier alpha value is -1.45. The number of likely N-dealkylation sites (N-methyl/N-ethyl adjacent to an activating group) is 1. The molecule has 26 heavy (non-hydrogen) atoms. The van der Waals surface area contributed by atoms with Crippen LogP contribution in [0.4, 0.5) is 11.5 Å². The monoisotopic (exact) mass is 415 g/mol. The van der Waals surface area contributed by atoms with Crippen LogP contribution >= 0.6 is 23.2 Å². The smallest absolute Gasteiger partial charge is 0.245 e. The van der Waals surface area contributed by atoms with Gasteiger partial charge in [0.15, 0.2) is 5.82 Å². The highest BCUT2D eigenvalue weighted by Gasteiger charge is 2.34. The molecule has 1 aromatic carbocycles. The van der Waals surface area contributed by atoms with Gasteiger partial charge in [-0.15, -0.1) is 0 Å². The van der Waals surface area contributed by atoms with Gasteiger partial charge in [0.25, 0.3) is 0 Å². The normalized spacial score (nSPS) is 18.4. The van der Waals surface area contributed by atoms with E-state index < -0.39 is 10.0 Å². The van der Waals surface area contributed by atoms with Crippen LogP contribution in [0.15, 0.2) is 35.4 Å². The number of nitrogens with zero attached hydrogens (tertiary/aromatic N) is 4. The van der Waals surface area contributed by atoms with Crippen molar-refractivity contribution >= 4 is 44.7 Å². The molecule has 0 saturated carbocycles. The van der Waals surface area contributed by atoms with Crippen molar-refractivity contribution in [1.29, 1.82) is 0 Å². The Morgan fingerprint density at radius 3 is 2.69 bits per heavy atom. The molecule has 1 aliphatic rings. The Kier molecular flexibility index (Phi) is 5.69. The summed E-state index contributed by atoms with van der Waals surface area (Å²) in [6, 6.07) is 6.87. The van der Waals surface area contributed by atoms with Crippen molar-refractivity contribution < 1.29 is 8.42 Å². The van der Waals surface area contributed by atoms with Crippen LogP contribution in [0.2, 0.25) is 10.3 Å². The Morgan fingerprint density at radius 2 is 2.00 bits per heavy atom. The quantitative estimate of drug-likeness (QED) is 0.756. The highest BCUT2D eigenvalue weighted by atomic mass is 35.5. The van der Waals surface area contributed by atoms with E-state index in [0.717, 1.165) is 6.42 Å². The molecule has 1 fully saturated rings. The number of para-hydroxylation sites is 1. The summed E-state index contributed by atoms with van der Waals surface area (Å²) in [5, 5.41) is 3.23. The molecule has 0 unspecified atom stereocenters. The minimum atomic E-state index is -3.65. The summed E-state index contributed by atoms with van der Waals surface area (Å²) >= 11 is 11.9. The average molecular weight is 416 g/mol. The standard InChI is InChI=1S/C16H19Cl2N5O2S/c1-22(2)11-7-8-23(10-11)26(24,25)14-6-4-3-5-13(14)20-15-12(17)9-19-16(18)21-15/h3-6,9,11H,7-8,10H2,1-2H3,(H,19,20,21)/t11-/m1/s1. The summed E-state index contributed by atoms with van der Waals surface area (Å²) in [4.78, 5) is 10.0. The summed E-state index contributed by atoms with van der Waals surface area (Å²) in [6.45, 7) is 0.948. The van der Waals surface area contributed by atoms with Crippen molar-refractivity contribution in [2.24, 2.45) is 0 Å². The van der Waals surface area contributed by atoms with E-state index in [1.165, 1.54) is 10.5 Å². The van der Waals surface area contributed by atoms with E-state index in [9.17, 15) is 8.42 Å². The van der Waals surface area contributed by atoms with E-state index in [-0.39, 0.29) is 27.1 Å². The van der Waals surface area contributed by atoms with E-state index in [2.05, 4.69) is 15.3 Å². The highest BCUT2D eigenvalue weighted by molar-refractivity contribution is 7.89. The zero-order valence-corrected chi connectivity index (χ0v) is 16.7. The first-order valence-electron chi connectivity index (χ1n) is 7.99. The Balaban J connectivity index is 1.93. The molecule has 0 bridgehead atoms. The topological polar surface area (TPSA) is 78.4 Å². The van der Waals surface area contributed by atoms with E-state index in [4.69, 9.17) is 23.2 Å². The van der Waals surface area contributed by atoms with Crippen LogP contribution in [0.1, 0.15) is 6.42 Å². The molecule has 10 heteroatoms. The molecular weight excluding hydrogens is 397 g/mol. The average Bonchev–Trinajstić information content (AvgIpc) is 3.10. The maximum atomic E-state index is 13.1. The number of anilines is 2. The van der Waals surface area contributed by atoms with E-state index in [1.54, 1.807) is 24.3 Å². The number of halogens is 2. The fourth-order valence-corrected chi connectivity index (χ4v) is 4.76. The Morgan fingerprint density at radius 1 is 1.27 bits per heavy atom. The number of hydrogen-bond donors (Lipinski definition) is 1. The van der Waals surface area contributed by atoms with Crippen LogP contribution < -0.4 is 5.32 Å². The predicted molar refractivity (Wildman–Crippen MR) is 103 cm³/mol. The van der Waals surface area contributed by atoms with Gasteiger partial charge < -0.3 is 10.2 Å². The van der Waals surface area contributed by atoms with Crippen LogP contribution in [0.3, 0.4) is 0 Å². The minimum absolute atomic E-state index is 0.0191. The largest absolute Gasteiger partial charge is 0.338 e. The molecule has 1 N–H and O–H groups in total. The molecule has 2 heterocycles. The molecule has 2 aromatic rings. The van der Waals surface area contributed by atoms with Crippen molar-refractivity contribution in [3.8, 4) is 0 Å². The summed E-state index contributed by atoms with van der Waals surface area (Å²) in [7, 11) is 0.257. The van der Waals surface area contributed by atoms with Crippen molar-refractivity contribution in [1.82, 2.24) is 19.2 Å². The lowest BCUT2D eigenvalue weighted by molar-refractivity contribution is 0.302. The van der Waals surface area contributed by atoms with Gasteiger partial charge in [0, 0.05) is 19.1 Å². The maximum Gasteiger partial charge on any atom is 0.245 e. The third-order valence-electron chi connectivity index (χ3n) is 4.33. The van der Waals surface area contributed by atoms with Crippen LogP contribution in [-0.2, 0) is 10.0 Å². The van der Waals surface area contributed by atoms with Gasteiger partial charge in [0.1, 0.15) is 9.92 Å². The predicted octanol–water partition coefficient (Wildman–Crippen LogP) is 2.85. The van der Waals surface area contributed by atoms with E-state index >= 15 is 0 Å². The molecule has 1 saturated heterocycles.